The third-order valence-electron chi connectivity index (χ3n) is 3.25. The number of sulfonamides is 1. The first kappa shape index (κ1) is 16.4. The van der Waals surface area contributed by atoms with Crippen molar-refractivity contribution in [3.8, 4) is 0 Å². The van der Waals surface area contributed by atoms with Gasteiger partial charge in [-0.05, 0) is 47.0 Å². The maximum Gasteiger partial charge on any atom is 0.242 e. The number of aliphatic hydroxyl groups is 1. The molecule has 108 valence electrons. The number of nitrogens with two attached hydrogens (primary N) is 1. The van der Waals surface area contributed by atoms with E-state index in [-0.39, 0.29) is 11.5 Å². The maximum atomic E-state index is 12.4. The van der Waals surface area contributed by atoms with E-state index in [4.69, 9.17) is 5.73 Å². The average Bonchev–Trinajstić information content (AvgIpc) is 2.39. The summed E-state index contributed by atoms with van der Waals surface area (Å²) in [5.74, 6) is 0. The number of aliphatic hydroxyl groups excluding tert-OH is 1. The van der Waals surface area contributed by atoms with Crippen LogP contribution in [0.5, 0.6) is 0 Å². The molecule has 0 amide bonds. The van der Waals surface area contributed by atoms with Crippen LogP contribution >= 0.6 is 15.9 Å². The highest BCUT2D eigenvalue weighted by atomic mass is 79.9. The van der Waals surface area contributed by atoms with Gasteiger partial charge in [0.25, 0.3) is 0 Å². The minimum absolute atomic E-state index is 0.0761. The SMILES string of the molecule is CCC(CC)(CO)NS(=O)(=O)c1cc(N)ccc1Br. The lowest BCUT2D eigenvalue weighted by Crippen LogP contribution is -2.50. The lowest BCUT2D eigenvalue weighted by Gasteiger charge is -2.30. The van der Waals surface area contributed by atoms with Crippen LogP contribution in [0.25, 0.3) is 0 Å². The van der Waals surface area contributed by atoms with Gasteiger partial charge in [0.15, 0.2) is 0 Å². The minimum Gasteiger partial charge on any atom is -0.399 e. The quantitative estimate of drug-likeness (QED) is 0.682. The first-order chi connectivity index (χ1) is 8.80. The van der Waals surface area contributed by atoms with Crippen LogP contribution < -0.4 is 10.5 Å². The van der Waals surface area contributed by atoms with Crippen LogP contribution in [0.1, 0.15) is 26.7 Å². The highest BCUT2D eigenvalue weighted by molar-refractivity contribution is 9.10. The van der Waals surface area contributed by atoms with E-state index in [9.17, 15) is 13.5 Å². The summed E-state index contributed by atoms with van der Waals surface area (Å²) in [6.07, 6.45) is 0.998. The van der Waals surface area contributed by atoms with Gasteiger partial charge in [0.1, 0.15) is 0 Å². The number of anilines is 1. The van der Waals surface area contributed by atoms with Crippen molar-refractivity contribution in [3.05, 3.63) is 22.7 Å². The molecule has 0 aliphatic heterocycles. The Morgan fingerprint density at radius 1 is 1.37 bits per heavy atom. The van der Waals surface area contributed by atoms with E-state index in [1.807, 2.05) is 13.8 Å². The van der Waals surface area contributed by atoms with E-state index in [1.54, 1.807) is 12.1 Å². The molecule has 5 nitrogen and oxygen atoms in total. The zero-order valence-corrected chi connectivity index (χ0v) is 13.4. The van der Waals surface area contributed by atoms with Crippen molar-refractivity contribution in [2.45, 2.75) is 37.1 Å². The molecular formula is C12H19BrN2O3S. The summed E-state index contributed by atoms with van der Waals surface area (Å²) in [7, 11) is -3.74. The number of nitrogens with one attached hydrogen (secondary N) is 1. The molecule has 0 aliphatic carbocycles. The number of nitrogen functional groups attached to an aromatic ring is 1. The van der Waals surface area contributed by atoms with Crippen molar-refractivity contribution >= 4 is 31.6 Å². The van der Waals surface area contributed by atoms with Gasteiger partial charge in [0.05, 0.1) is 17.0 Å². The Bertz CT molecular complexity index is 534. The first-order valence-corrected chi connectivity index (χ1v) is 8.27. The predicted molar refractivity (Wildman–Crippen MR) is 79.3 cm³/mol. The topological polar surface area (TPSA) is 92.4 Å². The van der Waals surface area contributed by atoms with Gasteiger partial charge in [-0.25, -0.2) is 13.1 Å². The molecule has 0 radical (unpaired) electrons. The van der Waals surface area contributed by atoms with Gasteiger partial charge in [-0.3, -0.25) is 0 Å². The third kappa shape index (κ3) is 3.68. The van der Waals surface area contributed by atoms with Crippen molar-refractivity contribution in [1.29, 1.82) is 0 Å². The Balaban J connectivity index is 3.21. The Morgan fingerprint density at radius 2 is 1.95 bits per heavy atom. The molecule has 0 fully saturated rings. The second kappa shape index (κ2) is 6.21. The summed E-state index contributed by atoms with van der Waals surface area (Å²) in [6.45, 7) is 3.41. The van der Waals surface area contributed by atoms with Crippen LogP contribution in [0.15, 0.2) is 27.6 Å². The fourth-order valence-corrected chi connectivity index (χ4v) is 4.25. The highest BCUT2D eigenvalue weighted by Crippen LogP contribution is 2.26. The molecule has 0 heterocycles. The number of hydrogen-bond acceptors (Lipinski definition) is 4. The lowest BCUT2D eigenvalue weighted by molar-refractivity contribution is 0.172. The van der Waals surface area contributed by atoms with Gasteiger partial charge in [-0.2, -0.15) is 0 Å². The monoisotopic (exact) mass is 350 g/mol. The fourth-order valence-electron chi connectivity index (χ4n) is 1.72. The van der Waals surface area contributed by atoms with Gasteiger partial charge in [0.2, 0.25) is 10.0 Å². The van der Waals surface area contributed by atoms with Gasteiger partial charge >= 0.3 is 0 Å². The van der Waals surface area contributed by atoms with Gasteiger partial charge in [0, 0.05) is 10.2 Å². The predicted octanol–water partition coefficient (Wildman–Crippen LogP) is 1.86. The van der Waals surface area contributed by atoms with Crippen LogP contribution in [0, 0.1) is 0 Å². The van der Waals surface area contributed by atoms with E-state index in [0.29, 0.717) is 23.0 Å². The number of hydrogen-bond donors (Lipinski definition) is 3. The molecule has 1 aromatic rings. The zero-order chi connectivity index (χ0) is 14.7. The molecule has 1 rings (SSSR count). The minimum atomic E-state index is -3.74. The Kier molecular flexibility index (Phi) is 5.37. The molecular weight excluding hydrogens is 332 g/mol. The maximum absolute atomic E-state index is 12.4. The van der Waals surface area contributed by atoms with E-state index in [0.717, 1.165) is 0 Å². The zero-order valence-electron chi connectivity index (χ0n) is 11.0. The van der Waals surface area contributed by atoms with Crippen LogP contribution in [0.3, 0.4) is 0 Å². The summed E-state index contributed by atoms with van der Waals surface area (Å²) in [5, 5.41) is 9.45. The summed E-state index contributed by atoms with van der Waals surface area (Å²) in [4.78, 5) is 0.0761. The van der Waals surface area contributed by atoms with E-state index < -0.39 is 15.6 Å². The van der Waals surface area contributed by atoms with Crippen molar-refractivity contribution in [2.75, 3.05) is 12.3 Å². The second-order valence-electron chi connectivity index (χ2n) is 4.44. The molecule has 19 heavy (non-hydrogen) atoms. The van der Waals surface area contributed by atoms with Gasteiger partial charge < -0.3 is 10.8 Å². The van der Waals surface area contributed by atoms with Crippen molar-refractivity contribution in [3.63, 3.8) is 0 Å². The van der Waals surface area contributed by atoms with Crippen molar-refractivity contribution in [2.24, 2.45) is 0 Å². The normalized spacial score (nSPS) is 12.6. The first-order valence-electron chi connectivity index (χ1n) is 6.00. The summed E-state index contributed by atoms with van der Waals surface area (Å²) in [5.41, 5.74) is 5.15. The largest absolute Gasteiger partial charge is 0.399 e. The molecule has 0 saturated heterocycles. The Hall–Kier alpha value is -0.630. The molecule has 0 aromatic heterocycles. The van der Waals surface area contributed by atoms with Crippen LogP contribution in [0.4, 0.5) is 5.69 Å². The van der Waals surface area contributed by atoms with Crippen LogP contribution in [0.2, 0.25) is 0 Å². The lowest BCUT2D eigenvalue weighted by atomic mass is 9.96. The summed E-state index contributed by atoms with van der Waals surface area (Å²) >= 11 is 3.20. The molecule has 0 aliphatic rings. The Labute approximate surface area is 122 Å². The standard InChI is InChI=1S/C12H19BrN2O3S/c1-3-12(4-2,8-16)15-19(17,18)11-7-9(14)5-6-10(11)13/h5-7,15-16H,3-4,8,14H2,1-2H3. The number of halogens is 1. The fraction of sp³-hybridized carbons (Fsp3) is 0.500. The Morgan fingerprint density at radius 3 is 2.42 bits per heavy atom. The molecule has 4 N–H and O–H groups in total. The molecule has 7 heteroatoms. The van der Waals surface area contributed by atoms with Gasteiger partial charge in [-0.1, -0.05) is 13.8 Å². The summed E-state index contributed by atoms with van der Waals surface area (Å²) in [6, 6.07) is 4.59. The summed E-state index contributed by atoms with van der Waals surface area (Å²) < 4.78 is 27.8. The van der Waals surface area contributed by atoms with E-state index in [1.165, 1.54) is 6.07 Å². The molecule has 0 saturated carbocycles. The molecule has 0 atom stereocenters. The van der Waals surface area contributed by atoms with E-state index >= 15 is 0 Å². The molecule has 0 bridgehead atoms. The molecule has 0 unspecified atom stereocenters. The van der Waals surface area contributed by atoms with Crippen molar-refractivity contribution in [1.82, 2.24) is 4.72 Å². The van der Waals surface area contributed by atoms with Crippen LogP contribution in [-0.2, 0) is 10.0 Å². The van der Waals surface area contributed by atoms with Crippen LogP contribution in [-0.4, -0.2) is 25.7 Å². The second-order valence-corrected chi connectivity index (χ2v) is 6.95. The van der Waals surface area contributed by atoms with Crippen molar-refractivity contribution < 1.29 is 13.5 Å². The number of benzene rings is 1. The molecule has 0 spiro atoms. The van der Waals surface area contributed by atoms with E-state index in [2.05, 4.69) is 20.7 Å². The highest BCUT2D eigenvalue weighted by Gasteiger charge is 2.32. The molecule has 1 aromatic carbocycles. The smallest absolute Gasteiger partial charge is 0.242 e. The third-order valence-corrected chi connectivity index (χ3v) is 5.82. The number of rotatable bonds is 6. The van der Waals surface area contributed by atoms with Gasteiger partial charge in [-0.15, -0.1) is 0 Å². The average molecular weight is 351 g/mol.